The molecule has 0 atom stereocenters. The van der Waals surface area contributed by atoms with E-state index in [1.807, 2.05) is 12.1 Å². The fourth-order valence-electron chi connectivity index (χ4n) is 1.76. The van der Waals surface area contributed by atoms with Gasteiger partial charge in [-0.3, -0.25) is 4.79 Å². The maximum atomic E-state index is 11.1. The third-order valence-electron chi connectivity index (χ3n) is 2.85. The smallest absolute Gasteiger partial charge is 0.248 e. The zero-order chi connectivity index (χ0) is 15.6. The molecule has 0 spiro atoms. The van der Waals surface area contributed by atoms with Gasteiger partial charge in [-0.1, -0.05) is 0 Å². The van der Waals surface area contributed by atoms with Crippen LogP contribution in [0.1, 0.15) is 10.4 Å². The normalized spacial score (nSPS) is 10.2. The summed E-state index contributed by atoms with van der Waals surface area (Å²) in [5.74, 6) is 0.174. The van der Waals surface area contributed by atoms with Gasteiger partial charge in [0, 0.05) is 16.1 Å². The molecule has 7 heteroatoms. The van der Waals surface area contributed by atoms with Gasteiger partial charge in [-0.15, -0.1) is 0 Å². The Morgan fingerprint density at radius 2 is 1.86 bits per heavy atom. The average Bonchev–Trinajstić information content (AvgIpc) is 2.43. The number of nitrogen functional groups attached to an aromatic ring is 1. The van der Waals surface area contributed by atoms with Crippen LogP contribution in [0, 0.1) is 0 Å². The molecule has 110 valence electrons. The Bertz CT molecular complexity index is 705. The third-order valence-corrected chi connectivity index (χ3v) is 4.12. The molecule has 0 aliphatic rings. The van der Waals surface area contributed by atoms with E-state index in [9.17, 15) is 4.79 Å². The van der Waals surface area contributed by atoms with Crippen molar-refractivity contribution in [3.05, 3.63) is 44.8 Å². The molecular weight excluding hydrogens is 402 g/mol. The predicted molar refractivity (Wildman–Crippen MR) is 91.0 cm³/mol. The van der Waals surface area contributed by atoms with Gasteiger partial charge in [0.05, 0.1) is 28.6 Å². The molecule has 0 aliphatic heterocycles. The topological polar surface area (TPSA) is 90.4 Å². The van der Waals surface area contributed by atoms with E-state index >= 15 is 0 Å². The first kappa shape index (κ1) is 15.7. The van der Waals surface area contributed by atoms with Crippen LogP contribution in [-0.2, 0) is 0 Å². The van der Waals surface area contributed by atoms with Crippen molar-refractivity contribution in [2.45, 2.75) is 0 Å². The molecule has 5 nitrogen and oxygen atoms in total. The zero-order valence-corrected chi connectivity index (χ0v) is 14.3. The van der Waals surface area contributed by atoms with Gasteiger partial charge in [-0.05, 0) is 56.1 Å². The number of hydrogen-bond acceptors (Lipinski definition) is 4. The summed E-state index contributed by atoms with van der Waals surface area (Å²) in [6.45, 7) is 0. The Balaban J connectivity index is 2.36. The summed E-state index contributed by atoms with van der Waals surface area (Å²) in [6.07, 6.45) is 0. The average molecular weight is 415 g/mol. The third kappa shape index (κ3) is 3.48. The number of methoxy groups -OCH3 is 1. The number of hydrogen-bond donors (Lipinski definition) is 3. The second-order valence-electron chi connectivity index (χ2n) is 4.26. The SMILES string of the molecule is COc1cc(Nc2ccc(C(N)=O)cc2N)c(Br)cc1Br. The summed E-state index contributed by atoms with van der Waals surface area (Å²) in [7, 11) is 1.59. The van der Waals surface area contributed by atoms with Gasteiger partial charge in [0.15, 0.2) is 0 Å². The van der Waals surface area contributed by atoms with Crippen LogP contribution in [-0.4, -0.2) is 13.0 Å². The number of halogens is 2. The Morgan fingerprint density at radius 1 is 1.14 bits per heavy atom. The van der Waals surface area contributed by atoms with E-state index in [0.29, 0.717) is 22.7 Å². The number of benzene rings is 2. The summed E-state index contributed by atoms with van der Waals surface area (Å²) in [5.41, 5.74) is 13.4. The van der Waals surface area contributed by atoms with Crippen LogP contribution in [0.15, 0.2) is 39.3 Å². The number of carbonyl (C=O) groups is 1. The highest BCUT2D eigenvalue weighted by atomic mass is 79.9. The van der Waals surface area contributed by atoms with E-state index < -0.39 is 5.91 Å². The lowest BCUT2D eigenvalue weighted by atomic mass is 10.1. The Kier molecular flexibility index (Phi) is 4.74. The molecule has 0 radical (unpaired) electrons. The predicted octanol–water partition coefficient (Wildman–Crippen LogP) is 3.64. The lowest BCUT2D eigenvalue weighted by molar-refractivity contribution is 0.100. The number of primary amides is 1. The molecule has 0 unspecified atom stereocenters. The van der Waals surface area contributed by atoms with Crippen molar-refractivity contribution in [3.8, 4) is 5.75 Å². The lowest BCUT2D eigenvalue weighted by Gasteiger charge is -2.14. The van der Waals surface area contributed by atoms with Crippen molar-refractivity contribution in [2.75, 3.05) is 18.2 Å². The minimum absolute atomic E-state index is 0.366. The summed E-state index contributed by atoms with van der Waals surface area (Å²) in [6, 6.07) is 8.56. The fraction of sp³-hybridized carbons (Fsp3) is 0.0714. The van der Waals surface area contributed by atoms with Crippen molar-refractivity contribution in [2.24, 2.45) is 5.73 Å². The summed E-state index contributed by atoms with van der Waals surface area (Å²) in [5, 5.41) is 3.18. The first-order valence-corrected chi connectivity index (χ1v) is 7.50. The van der Waals surface area contributed by atoms with Crippen LogP contribution in [0.5, 0.6) is 5.75 Å². The number of nitrogens with two attached hydrogens (primary N) is 2. The lowest BCUT2D eigenvalue weighted by Crippen LogP contribution is -2.11. The summed E-state index contributed by atoms with van der Waals surface area (Å²) < 4.78 is 6.93. The number of rotatable bonds is 4. The second-order valence-corrected chi connectivity index (χ2v) is 5.97. The molecule has 0 bridgehead atoms. The number of ether oxygens (including phenoxy) is 1. The number of anilines is 3. The number of amides is 1. The first-order valence-electron chi connectivity index (χ1n) is 5.91. The van der Waals surface area contributed by atoms with Gasteiger partial charge >= 0.3 is 0 Å². The van der Waals surface area contributed by atoms with Gasteiger partial charge in [-0.2, -0.15) is 0 Å². The van der Waals surface area contributed by atoms with Crippen molar-refractivity contribution in [1.82, 2.24) is 0 Å². The van der Waals surface area contributed by atoms with E-state index in [1.54, 1.807) is 19.2 Å². The fourth-order valence-corrected chi connectivity index (χ4v) is 3.01. The molecule has 2 rings (SSSR count). The first-order chi connectivity index (χ1) is 9.92. The molecule has 2 aromatic rings. The molecular formula is C14H13Br2N3O2. The zero-order valence-electron chi connectivity index (χ0n) is 11.1. The highest BCUT2D eigenvalue weighted by Gasteiger charge is 2.10. The summed E-state index contributed by atoms with van der Waals surface area (Å²) in [4.78, 5) is 11.1. The van der Waals surface area contributed by atoms with E-state index in [4.69, 9.17) is 16.2 Å². The minimum Gasteiger partial charge on any atom is -0.495 e. The van der Waals surface area contributed by atoms with Crippen LogP contribution in [0.3, 0.4) is 0 Å². The molecule has 0 aromatic heterocycles. The van der Waals surface area contributed by atoms with Gasteiger partial charge in [0.2, 0.25) is 5.91 Å². The van der Waals surface area contributed by atoms with Gasteiger partial charge in [0.25, 0.3) is 0 Å². The Morgan fingerprint density at radius 3 is 2.43 bits per heavy atom. The van der Waals surface area contributed by atoms with Crippen LogP contribution < -0.4 is 21.5 Å². The largest absolute Gasteiger partial charge is 0.495 e. The van der Waals surface area contributed by atoms with Gasteiger partial charge in [0.1, 0.15) is 5.75 Å². The standard InChI is InChI=1S/C14H13Br2N3O2/c1-21-13-6-12(8(15)5-9(13)16)19-11-3-2-7(14(18)20)4-10(11)17/h2-6,19H,17H2,1H3,(H2,18,20). The van der Waals surface area contributed by atoms with E-state index in [0.717, 1.165) is 14.6 Å². The minimum atomic E-state index is -0.514. The molecule has 0 fully saturated rings. The number of carbonyl (C=O) groups excluding carboxylic acids is 1. The van der Waals surface area contributed by atoms with Crippen molar-refractivity contribution < 1.29 is 9.53 Å². The Hall–Kier alpha value is -1.73. The molecule has 1 amide bonds. The van der Waals surface area contributed by atoms with E-state index in [1.165, 1.54) is 6.07 Å². The van der Waals surface area contributed by atoms with Crippen LogP contribution in [0.2, 0.25) is 0 Å². The van der Waals surface area contributed by atoms with Gasteiger partial charge in [-0.25, -0.2) is 0 Å². The van der Waals surface area contributed by atoms with Crippen molar-refractivity contribution in [3.63, 3.8) is 0 Å². The van der Waals surface area contributed by atoms with Crippen LogP contribution in [0.25, 0.3) is 0 Å². The molecule has 0 heterocycles. The van der Waals surface area contributed by atoms with Crippen LogP contribution >= 0.6 is 31.9 Å². The highest BCUT2D eigenvalue weighted by Crippen LogP contribution is 2.36. The maximum absolute atomic E-state index is 11.1. The quantitative estimate of drug-likeness (QED) is 0.666. The molecule has 0 saturated carbocycles. The van der Waals surface area contributed by atoms with E-state index in [-0.39, 0.29) is 0 Å². The van der Waals surface area contributed by atoms with Crippen molar-refractivity contribution >= 4 is 54.8 Å². The molecule has 0 aliphatic carbocycles. The molecule has 5 N–H and O–H groups in total. The van der Waals surface area contributed by atoms with Gasteiger partial charge < -0.3 is 21.5 Å². The molecule has 21 heavy (non-hydrogen) atoms. The second kappa shape index (κ2) is 6.36. The monoisotopic (exact) mass is 413 g/mol. The maximum Gasteiger partial charge on any atom is 0.248 e. The van der Waals surface area contributed by atoms with E-state index in [2.05, 4.69) is 37.2 Å². The molecule has 0 saturated heterocycles. The number of nitrogens with one attached hydrogen (secondary N) is 1. The Labute approximate surface area is 138 Å². The highest BCUT2D eigenvalue weighted by molar-refractivity contribution is 9.11. The molecule has 2 aromatic carbocycles. The summed E-state index contributed by atoms with van der Waals surface area (Å²) >= 11 is 6.88. The van der Waals surface area contributed by atoms with Crippen LogP contribution in [0.4, 0.5) is 17.1 Å². The van der Waals surface area contributed by atoms with Crippen molar-refractivity contribution in [1.29, 1.82) is 0 Å².